The second-order valence-electron chi connectivity index (χ2n) is 5.31. The summed E-state index contributed by atoms with van der Waals surface area (Å²) in [5.74, 6) is 0.962. The molecular weight excluding hydrogens is 208 g/mol. The fraction of sp³-hybridized carbons (Fsp3) is 0.875. The molecule has 0 atom stereocenters. The highest BCUT2D eigenvalue weighted by molar-refractivity contribution is 4.81. The largest absolute Gasteiger partial charge is 0.381 e. The topological polar surface area (TPSA) is 9.23 Å². The predicted octanol–water partition coefficient (Wildman–Crippen LogP) is 5.11. The predicted molar refractivity (Wildman–Crippen MR) is 75.3 cm³/mol. The average Bonchev–Trinajstić information content (AvgIpc) is 2.38. The molecule has 0 aromatic rings. The van der Waals surface area contributed by atoms with Crippen LogP contribution in [0.1, 0.15) is 71.1 Å². The van der Waals surface area contributed by atoms with E-state index in [2.05, 4.69) is 19.1 Å². The Hall–Kier alpha value is -0.300. The number of rotatable bonds is 9. The van der Waals surface area contributed by atoms with Gasteiger partial charge in [0.1, 0.15) is 0 Å². The van der Waals surface area contributed by atoms with Gasteiger partial charge in [-0.15, -0.1) is 0 Å². The monoisotopic (exact) mass is 238 g/mol. The van der Waals surface area contributed by atoms with Crippen LogP contribution in [0.3, 0.4) is 0 Å². The molecule has 0 N–H and O–H groups in total. The Morgan fingerprint density at radius 2 is 1.76 bits per heavy atom. The van der Waals surface area contributed by atoms with Gasteiger partial charge in [-0.05, 0) is 25.2 Å². The Bertz CT molecular complexity index is 180. The Labute approximate surface area is 108 Å². The molecule has 1 aliphatic carbocycles. The Balaban J connectivity index is 1.82. The van der Waals surface area contributed by atoms with E-state index >= 15 is 0 Å². The van der Waals surface area contributed by atoms with Crippen LogP contribution in [0.2, 0.25) is 0 Å². The Kier molecular flexibility index (Phi) is 9.40. The summed E-state index contributed by atoms with van der Waals surface area (Å²) in [6, 6.07) is 0. The average molecular weight is 238 g/mol. The highest BCUT2D eigenvalue weighted by Gasteiger charge is 2.12. The van der Waals surface area contributed by atoms with Gasteiger partial charge in [-0.1, -0.05) is 64.0 Å². The van der Waals surface area contributed by atoms with Crippen molar-refractivity contribution in [2.75, 3.05) is 13.2 Å². The van der Waals surface area contributed by atoms with Gasteiger partial charge in [0.15, 0.2) is 0 Å². The number of allylic oxidation sites excluding steroid dienone is 1. The second kappa shape index (κ2) is 10.8. The van der Waals surface area contributed by atoms with Gasteiger partial charge in [-0.25, -0.2) is 0 Å². The minimum atomic E-state index is 0.912. The summed E-state index contributed by atoms with van der Waals surface area (Å²) in [7, 11) is 0. The first kappa shape index (κ1) is 14.8. The summed E-state index contributed by atoms with van der Waals surface area (Å²) in [5, 5.41) is 0. The lowest BCUT2D eigenvalue weighted by molar-refractivity contribution is 0.117. The van der Waals surface area contributed by atoms with Crippen molar-refractivity contribution in [2.45, 2.75) is 71.1 Å². The van der Waals surface area contributed by atoms with E-state index < -0.39 is 0 Å². The van der Waals surface area contributed by atoms with E-state index in [0.29, 0.717) is 0 Å². The third kappa shape index (κ3) is 8.43. The zero-order valence-electron chi connectivity index (χ0n) is 11.6. The van der Waals surface area contributed by atoms with Gasteiger partial charge in [-0.3, -0.25) is 0 Å². The zero-order valence-corrected chi connectivity index (χ0v) is 11.6. The van der Waals surface area contributed by atoms with Crippen LogP contribution in [-0.2, 0) is 4.74 Å². The van der Waals surface area contributed by atoms with E-state index in [9.17, 15) is 0 Å². The van der Waals surface area contributed by atoms with Gasteiger partial charge in [0, 0.05) is 6.61 Å². The van der Waals surface area contributed by atoms with Gasteiger partial charge < -0.3 is 4.74 Å². The van der Waals surface area contributed by atoms with Crippen LogP contribution in [0.4, 0.5) is 0 Å². The van der Waals surface area contributed by atoms with Gasteiger partial charge in [-0.2, -0.15) is 0 Å². The maximum atomic E-state index is 5.69. The number of hydrogen-bond donors (Lipinski definition) is 0. The lowest BCUT2D eigenvalue weighted by Crippen LogP contribution is -2.09. The van der Waals surface area contributed by atoms with Crippen molar-refractivity contribution < 1.29 is 4.74 Å². The smallest absolute Gasteiger partial charge is 0.0500 e. The molecule has 1 rings (SSSR count). The minimum absolute atomic E-state index is 0.912. The van der Waals surface area contributed by atoms with Crippen molar-refractivity contribution >= 4 is 0 Å². The molecule has 1 nitrogen and oxygen atoms in total. The van der Waals surface area contributed by atoms with Crippen LogP contribution < -0.4 is 0 Å². The van der Waals surface area contributed by atoms with Crippen LogP contribution in [-0.4, -0.2) is 13.2 Å². The summed E-state index contributed by atoms with van der Waals surface area (Å²) >= 11 is 0. The molecule has 1 heteroatoms. The number of ether oxygens (including phenoxy) is 1. The third-order valence-electron chi connectivity index (χ3n) is 3.72. The van der Waals surface area contributed by atoms with E-state index in [1.807, 2.05) is 0 Å². The molecule has 0 aromatic heterocycles. The summed E-state index contributed by atoms with van der Waals surface area (Å²) in [5.41, 5.74) is 0. The molecule has 0 heterocycles. The second-order valence-corrected chi connectivity index (χ2v) is 5.31. The zero-order chi connectivity index (χ0) is 12.2. The summed E-state index contributed by atoms with van der Waals surface area (Å²) < 4.78 is 5.69. The highest BCUT2D eigenvalue weighted by Crippen LogP contribution is 2.25. The molecule has 100 valence electrons. The molecule has 0 aliphatic heterocycles. The van der Waals surface area contributed by atoms with E-state index in [-0.39, 0.29) is 0 Å². The molecular formula is C16H30O. The van der Waals surface area contributed by atoms with Crippen LogP contribution in [0.5, 0.6) is 0 Å². The van der Waals surface area contributed by atoms with Gasteiger partial charge >= 0.3 is 0 Å². The molecule has 0 bridgehead atoms. The van der Waals surface area contributed by atoms with E-state index in [1.54, 1.807) is 0 Å². The van der Waals surface area contributed by atoms with E-state index in [0.717, 1.165) is 25.6 Å². The Morgan fingerprint density at radius 1 is 1.00 bits per heavy atom. The van der Waals surface area contributed by atoms with Gasteiger partial charge in [0.05, 0.1) is 6.61 Å². The van der Waals surface area contributed by atoms with Crippen molar-refractivity contribution in [1.82, 2.24) is 0 Å². The SMILES string of the molecule is CCCCC=CCCOCCC1CCCCC1. The fourth-order valence-corrected chi connectivity index (χ4v) is 2.54. The van der Waals surface area contributed by atoms with Gasteiger partial charge in [0.2, 0.25) is 0 Å². The molecule has 0 spiro atoms. The first-order chi connectivity index (χ1) is 8.43. The van der Waals surface area contributed by atoms with Crippen LogP contribution in [0.15, 0.2) is 12.2 Å². The maximum absolute atomic E-state index is 5.69. The van der Waals surface area contributed by atoms with Gasteiger partial charge in [0.25, 0.3) is 0 Å². The first-order valence-electron chi connectivity index (χ1n) is 7.66. The third-order valence-corrected chi connectivity index (χ3v) is 3.72. The summed E-state index contributed by atoms with van der Waals surface area (Å²) in [4.78, 5) is 0. The Morgan fingerprint density at radius 3 is 2.53 bits per heavy atom. The normalized spacial score (nSPS) is 17.9. The van der Waals surface area contributed by atoms with Crippen molar-refractivity contribution in [1.29, 1.82) is 0 Å². The molecule has 1 aliphatic rings. The molecule has 0 unspecified atom stereocenters. The van der Waals surface area contributed by atoms with Crippen molar-refractivity contribution in [3.8, 4) is 0 Å². The molecule has 0 radical (unpaired) electrons. The van der Waals surface area contributed by atoms with Crippen molar-refractivity contribution in [2.24, 2.45) is 5.92 Å². The van der Waals surface area contributed by atoms with Crippen molar-refractivity contribution in [3.05, 3.63) is 12.2 Å². The highest BCUT2D eigenvalue weighted by atomic mass is 16.5. The molecule has 1 fully saturated rings. The van der Waals surface area contributed by atoms with Crippen molar-refractivity contribution in [3.63, 3.8) is 0 Å². The van der Waals surface area contributed by atoms with Crippen LogP contribution >= 0.6 is 0 Å². The molecule has 0 saturated heterocycles. The standard InChI is InChI=1S/C16H30O/c1-2-3-4-5-6-10-14-17-15-13-16-11-8-7-9-12-16/h5-6,16H,2-4,7-15H2,1H3. The quantitative estimate of drug-likeness (QED) is 0.400. The van der Waals surface area contributed by atoms with Crippen LogP contribution in [0.25, 0.3) is 0 Å². The maximum Gasteiger partial charge on any atom is 0.0500 e. The summed E-state index contributed by atoms with van der Waals surface area (Å²) in [6.07, 6.45) is 18.0. The fourth-order valence-electron chi connectivity index (χ4n) is 2.54. The minimum Gasteiger partial charge on any atom is -0.381 e. The van der Waals surface area contributed by atoms with E-state index in [1.165, 1.54) is 57.8 Å². The number of hydrogen-bond acceptors (Lipinski definition) is 1. The van der Waals surface area contributed by atoms with E-state index in [4.69, 9.17) is 4.74 Å². The molecule has 0 amide bonds. The summed E-state index contributed by atoms with van der Waals surface area (Å²) in [6.45, 7) is 4.13. The number of unbranched alkanes of at least 4 members (excludes halogenated alkanes) is 2. The molecule has 17 heavy (non-hydrogen) atoms. The molecule has 1 saturated carbocycles. The lowest BCUT2D eigenvalue weighted by atomic mass is 9.87. The van der Waals surface area contributed by atoms with Crippen LogP contribution in [0, 0.1) is 5.92 Å². The first-order valence-corrected chi connectivity index (χ1v) is 7.66. The molecule has 0 aromatic carbocycles. The lowest BCUT2D eigenvalue weighted by Gasteiger charge is -2.21.